The van der Waals surface area contributed by atoms with Crippen LogP contribution < -0.4 is 5.32 Å². The van der Waals surface area contributed by atoms with E-state index in [-0.39, 0.29) is 0 Å². The van der Waals surface area contributed by atoms with Gasteiger partial charge in [-0.2, -0.15) is 0 Å². The first-order chi connectivity index (χ1) is 8.90. The maximum atomic E-state index is 5.63. The van der Waals surface area contributed by atoms with Crippen LogP contribution in [-0.2, 0) is 17.8 Å². The molecule has 0 spiro atoms. The minimum Gasteiger partial charge on any atom is -0.373 e. The Morgan fingerprint density at radius 2 is 2.06 bits per heavy atom. The van der Waals surface area contributed by atoms with Crippen LogP contribution in [0.3, 0.4) is 0 Å². The van der Waals surface area contributed by atoms with Gasteiger partial charge >= 0.3 is 0 Å². The first-order valence-corrected chi connectivity index (χ1v) is 6.89. The topological polar surface area (TPSA) is 21.3 Å². The lowest BCUT2D eigenvalue weighted by atomic mass is 10.1. The highest BCUT2D eigenvalue weighted by Crippen LogP contribution is 2.18. The maximum Gasteiger partial charge on any atom is 0.0723 e. The van der Waals surface area contributed by atoms with E-state index >= 15 is 0 Å². The molecule has 0 unspecified atom stereocenters. The van der Waals surface area contributed by atoms with Gasteiger partial charge in [0.25, 0.3) is 0 Å². The molecule has 0 aromatic heterocycles. The van der Waals surface area contributed by atoms with Gasteiger partial charge in [0.15, 0.2) is 0 Å². The number of nitrogens with one attached hydrogen (secondary N) is 1. The van der Waals surface area contributed by atoms with Crippen molar-refractivity contribution in [2.45, 2.75) is 38.8 Å². The summed E-state index contributed by atoms with van der Waals surface area (Å²) in [5.74, 6) is 0. The van der Waals surface area contributed by atoms with Gasteiger partial charge in [0.2, 0.25) is 0 Å². The molecular weight excluding hydrogens is 222 g/mol. The Labute approximate surface area is 110 Å². The van der Waals surface area contributed by atoms with E-state index in [0.717, 1.165) is 19.0 Å². The van der Waals surface area contributed by atoms with Crippen LogP contribution >= 0.6 is 0 Å². The van der Waals surface area contributed by atoms with Gasteiger partial charge in [-0.1, -0.05) is 36.4 Å². The summed E-state index contributed by atoms with van der Waals surface area (Å²) in [5.41, 5.74) is 2.73. The van der Waals surface area contributed by atoms with Crippen molar-refractivity contribution in [2.24, 2.45) is 0 Å². The molecule has 1 aromatic rings. The van der Waals surface area contributed by atoms with Crippen molar-refractivity contribution in [3.63, 3.8) is 0 Å². The molecule has 1 fully saturated rings. The number of hydrogen-bond acceptors (Lipinski definition) is 2. The molecule has 0 bridgehead atoms. The molecule has 0 radical (unpaired) electrons. The Balaban J connectivity index is 1.79. The summed E-state index contributed by atoms with van der Waals surface area (Å²) in [6, 6.07) is 9.38. The van der Waals surface area contributed by atoms with Gasteiger partial charge in [0, 0.05) is 6.04 Å². The van der Waals surface area contributed by atoms with E-state index in [0.29, 0.717) is 13.2 Å². The molecule has 0 amide bonds. The summed E-state index contributed by atoms with van der Waals surface area (Å²) in [7, 11) is 0. The minimum absolute atomic E-state index is 0.700. The number of rotatable bonds is 8. The van der Waals surface area contributed by atoms with Crippen LogP contribution in [0.2, 0.25) is 0 Å². The summed E-state index contributed by atoms with van der Waals surface area (Å²) in [5, 5.41) is 3.56. The average molecular weight is 245 g/mol. The highest BCUT2D eigenvalue weighted by Gasteiger charge is 2.19. The van der Waals surface area contributed by atoms with Crippen molar-refractivity contribution in [3.8, 4) is 0 Å². The Hall–Kier alpha value is -1.12. The molecule has 2 rings (SSSR count). The molecule has 0 heterocycles. The lowest BCUT2D eigenvalue weighted by Crippen LogP contribution is -2.19. The number of allylic oxidation sites excluding steroid dienone is 1. The Kier molecular flexibility index (Phi) is 5.43. The lowest BCUT2D eigenvalue weighted by Gasteiger charge is -2.10. The predicted molar refractivity (Wildman–Crippen MR) is 75.6 cm³/mol. The summed E-state index contributed by atoms with van der Waals surface area (Å²) in [4.78, 5) is 0. The van der Waals surface area contributed by atoms with E-state index < -0.39 is 0 Å². The maximum absolute atomic E-state index is 5.63. The average Bonchev–Trinajstić information content (AvgIpc) is 3.20. The molecule has 1 aliphatic rings. The summed E-state index contributed by atoms with van der Waals surface area (Å²) in [6.45, 7) is 4.51. The molecule has 2 nitrogen and oxygen atoms in total. The molecule has 0 atom stereocenters. The van der Waals surface area contributed by atoms with Gasteiger partial charge in [0.05, 0.1) is 13.2 Å². The zero-order chi connectivity index (χ0) is 12.6. The number of benzene rings is 1. The molecule has 98 valence electrons. The van der Waals surface area contributed by atoms with E-state index in [2.05, 4.69) is 29.6 Å². The first-order valence-electron chi connectivity index (χ1n) is 6.89. The van der Waals surface area contributed by atoms with E-state index in [1.54, 1.807) is 0 Å². The molecule has 1 aliphatic carbocycles. The Morgan fingerprint density at radius 3 is 2.78 bits per heavy atom. The van der Waals surface area contributed by atoms with Crippen LogP contribution in [0.1, 0.15) is 30.9 Å². The van der Waals surface area contributed by atoms with Crippen molar-refractivity contribution < 1.29 is 4.74 Å². The monoisotopic (exact) mass is 245 g/mol. The fourth-order valence-electron chi connectivity index (χ4n) is 1.97. The summed E-state index contributed by atoms with van der Waals surface area (Å²) >= 11 is 0. The van der Waals surface area contributed by atoms with E-state index in [1.807, 2.05) is 19.1 Å². The smallest absolute Gasteiger partial charge is 0.0723 e. The van der Waals surface area contributed by atoms with Crippen molar-refractivity contribution in [2.75, 3.05) is 13.2 Å². The van der Waals surface area contributed by atoms with Crippen LogP contribution in [-0.4, -0.2) is 19.2 Å². The lowest BCUT2D eigenvalue weighted by molar-refractivity contribution is 0.148. The van der Waals surface area contributed by atoms with Crippen LogP contribution in [0, 0.1) is 0 Å². The van der Waals surface area contributed by atoms with Crippen LogP contribution in [0.4, 0.5) is 0 Å². The van der Waals surface area contributed by atoms with Crippen LogP contribution in [0.5, 0.6) is 0 Å². The highest BCUT2D eigenvalue weighted by atomic mass is 16.5. The van der Waals surface area contributed by atoms with Crippen LogP contribution in [0.15, 0.2) is 36.4 Å². The fraction of sp³-hybridized carbons (Fsp3) is 0.500. The zero-order valence-electron chi connectivity index (χ0n) is 11.2. The number of hydrogen-bond donors (Lipinski definition) is 1. The Morgan fingerprint density at radius 1 is 1.28 bits per heavy atom. The normalized spacial score (nSPS) is 15.4. The molecule has 0 aliphatic heterocycles. The molecular formula is C16H23NO. The van der Waals surface area contributed by atoms with Crippen molar-refractivity contribution in [1.82, 2.24) is 5.32 Å². The van der Waals surface area contributed by atoms with Gasteiger partial charge in [0.1, 0.15) is 0 Å². The van der Waals surface area contributed by atoms with Crippen molar-refractivity contribution >= 4 is 0 Å². The van der Waals surface area contributed by atoms with Crippen molar-refractivity contribution in [1.29, 1.82) is 0 Å². The highest BCUT2D eigenvalue weighted by molar-refractivity contribution is 5.26. The van der Waals surface area contributed by atoms with Crippen molar-refractivity contribution in [3.05, 3.63) is 47.5 Å². The van der Waals surface area contributed by atoms with Gasteiger partial charge < -0.3 is 10.1 Å². The number of ether oxygens (including phenoxy) is 1. The van der Waals surface area contributed by atoms with Gasteiger partial charge in [-0.3, -0.25) is 0 Å². The Bertz CT molecular complexity index is 382. The fourth-order valence-corrected chi connectivity index (χ4v) is 1.97. The predicted octanol–water partition coefficient (Wildman–Crippen LogP) is 3.07. The second kappa shape index (κ2) is 7.34. The van der Waals surface area contributed by atoms with Gasteiger partial charge in [-0.25, -0.2) is 0 Å². The van der Waals surface area contributed by atoms with E-state index in [9.17, 15) is 0 Å². The third-order valence-electron chi connectivity index (χ3n) is 3.23. The summed E-state index contributed by atoms with van der Waals surface area (Å²) in [6.07, 6.45) is 7.87. The molecule has 0 saturated heterocycles. The zero-order valence-corrected chi connectivity index (χ0v) is 11.2. The van der Waals surface area contributed by atoms with Gasteiger partial charge in [-0.15, -0.1) is 0 Å². The summed E-state index contributed by atoms with van der Waals surface area (Å²) < 4.78 is 5.63. The standard InChI is InChI=1S/C16H23NO/c1-2-3-12-18-13-15-7-5-4-6-14(15)10-11-17-16-8-9-16/h2-7,16-17H,8-13H2,1H3/b3-2+. The largest absolute Gasteiger partial charge is 0.373 e. The second-order valence-electron chi connectivity index (χ2n) is 4.83. The SMILES string of the molecule is C/C=C/COCc1ccccc1CCNC1CC1. The minimum atomic E-state index is 0.700. The first kappa shape index (κ1) is 13.3. The molecule has 18 heavy (non-hydrogen) atoms. The van der Waals surface area contributed by atoms with Gasteiger partial charge in [-0.05, 0) is 43.9 Å². The third kappa shape index (κ3) is 4.63. The second-order valence-corrected chi connectivity index (χ2v) is 4.83. The molecule has 1 N–H and O–H groups in total. The molecule has 2 heteroatoms. The quantitative estimate of drug-likeness (QED) is 0.561. The molecule has 1 aromatic carbocycles. The molecule has 1 saturated carbocycles. The third-order valence-corrected chi connectivity index (χ3v) is 3.23. The van der Waals surface area contributed by atoms with Crippen LogP contribution in [0.25, 0.3) is 0 Å². The van der Waals surface area contributed by atoms with E-state index in [4.69, 9.17) is 4.74 Å². The van der Waals surface area contributed by atoms with E-state index in [1.165, 1.54) is 24.0 Å².